The molecular formula is C38H56O8. The Hall–Kier alpha value is -2.12. The molecule has 256 valence electrons. The first-order valence-corrected chi connectivity index (χ1v) is 18.4. The molecular weight excluding hydrogens is 584 g/mol. The molecule has 0 amide bonds. The van der Waals surface area contributed by atoms with Gasteiger partial charge in [-0.05, 0) is 153 Å². The lowest BCUT2D eigenvalue weighted by Crippen LogP contribution is -2.71. The van der Waals surface area contributed by atoms with Crippen LogP contribution in [-0.2, 0) is 19.2 Å². The van der Waals surface area contributed by atoms with Crippen molar-refractivity contribution in [1.29, 1.82) is 0 Å². The number of hydrogen-bond acceptors (Lipinski definition) is 4. The maximum atomic E-state index is 13.1. The molecule has 4 N–H and O–H groups in total. The topological polar surface area (TPSA) is 149 Å². The van der Waals surface area contributed by atoms with Crippen molar-refractivity contribution in [2.24, 2.45) is 86.3 Å². The molecule has 0 spiro atoms. The quantitative estimate of drug-likeness (QED) is 0.234. The number of carbonyl (C=O) groups is 4. The van der Waals surface area contributed by atoms with Gasteiger partial charge in [-0.1, -0.05) is 33.1 Å². The van der Waals surface area contributed by atoms with Gasteiger partial charge in [-0.25, -0.2) is 0 Å². The Morgan fingerprint density at radius 2 is 1.20 bits per heavy atom. The van der Waals surface area contributed by atoms with E-state index in [1.165, 1.54) is 0 Å². The monoisotopic (exact) mass is 640 g/mol. The van der Waals surface area contributed by atoms with Crippen LogP contribution in [0.3, 0.4) is 0 Å². The summed E-state index contributed by atoms with van der Waals surface area (Å²) in [5.74, 6) is -2.20. The third-order valence-electron chi connectivity index (χ3n) is 17.3. The summed E-state index contributed by atoms with van der Waals surface area (Å²) < 4.78 is 0. The average molecular weight is 641 g/mol. The second-order valence-corrected chi connectivity index (χ2v) is 18.5. The van der Waals surface area contributed by atoms with E-state index in [9.17, 15) is 39.6 Å². The molecule has 0 aliphatic heterocycles. The molecule has 46 heavy (non-hydrogen) atoms. The zero-order chi connectivity index (χ0) is 33.2. The minimum atomic E-state index is -0.864. The molecule has 0 heterocycles. The first-order valence-electron chi connectivity index (χ1n) is 18.4. The van der Waals surface area contributed by atoms with E-state index in [0.717, 1.165) is 64.2 Å². The largest absolute Gasteiger partial charge is 0.481 e. The molecule has 0 radical (unpaired) electrons. The highest BCUT2D eigenvalue weighted by atomic mass is 16.4. The van der Waals surface area contributed by atoms with Crippen molar-refractivity contribution in [3.8, 4) is 0 Å². The van der Waals surface area contributed by atoms with Gasteiger partial charge in [-0.3, -0.25) is 19.2 Å². The molecule has 8 heteroatoms. The summed E-state index contributed by atoms with van der Waals surface area (Å²) in [6.07, 6.45) is 11.0. The Bertz CT molecular complexity index is 1330. The summed E-state index contributed by atoms with van der Waals surface area (Å²) >= 11 is 0. The minimum absolute atomic E-state index is 0.0183. The number of aliphatic carboxylic acids is 4. The van der Waals surface area contributed by atoms with Crippen molar-refractivity contribution >= 4 is 23.9 Å². The molecule has 15 atom stereocenters. The van der Waals surface area contributed by atoms with Crippen LogP contribution in [-0.4, -0.2) is 44.3 Å². The summed E-state index contributed by atoms with van der Waals surface area (Å²) in [7, 11) is 0. The molecule has 7 fully saturated rings. The van der Waals surface area contributed by atoms with Crippen molar-refractivity contribution < 1.29 is 39.6 Å². The lowest BCUT2D eigenvalue weighted by molar-refractivity contribution is -0.286. The van der Waals surface area contributed by atoms with Gasteiger partial charge in [0.05, 0.1) is 17.3 Å². The second kappa shape index (κ2) is 10.4. The highest BCUT2D eigenvalue weighted by Crippen LogP contribution is 2.79. The van der Waals surface area contributed by atoms with Crippen LogP contribution in [0.25, 0.3) is 0 Å². The first kappa shape index (κ1) is 32.4. The number of carboxylic acid groups (broad SMARTS) is 4. The van der Waals surface area contributed by atoms with Gasteiger partial charge in [-0.15, -0.1) is 0 Å². The SMILES string of the molecule is CC1(C(=O)O)CCCC2(C)C3CCC(CC(=O)O)C4C5CC6C(C)(C(=O)O)CCCC6(C)C6CCCC(CC(=O)O)(C(CC12)C43)C56. The van der Waals surface area contributed by atoms with Gasteiger partial charge in [0.1, 0.15) is 0 Å². The lowest BCUT2D eigenvalue weighted by Gasteiger charge is -2.76. The van der Waals surface area contributed by atoms with E-state index in [-0.39, 0.29) is 82.9 Å². The van der Waals surface area contributed by atoms with E-state index in [4.69, 9.17) is 0 Å². The minimum Gasteiger partial charge on any atom is -0.481 e. The van der Waals surface area contributed by atoms with Gasteiger partial charge >= 0.3 is 23.9 Å². The molecule has 0 saturated heterocycles. The van der Waals surface area contributed by atoms with E-state index in [1.54, 1.807) is 0 Å². The predicted octanol–water partition coefficient (Wildman–Crippen LogP) is 7.45. The fourth-order valence-electron chi connectivity index (χ4n) is 15.8. The third-order valence-corrected chi connectivity index (χ3v) is 17.3. The molecule has 8 nitrogen and oxygen atoms in total. The van der Waals surface area contributed by atoms with Gasteiger partial charge in [0, 0.05) is 6.42 Å². The maximum absolute atomic E-state index is 13.1. The fourth-order valence-corrected chi connectivity index (χ4v) is 15.8. The molecule has 7 rings (SSSR count). The number of rotatable bonds is 6. The maximum Gasteiger partial charge on any atom is 0.309 e. The van der Waals surface area contributed by atoms with E-state index in [1.807, 2.05) is 13.8 Å². The number of carboxylic acids is 4. The molecule has 7 aliphatic carbocycles. The van der Waals surface area contributed by atoms with Crippen LogP contribution in [0.1, 0.15) is 124 Å². The number of hydrogen-bond donors (Lipinski definition) is 4. The second-order valence-electron chi connectivity index (χ2n) is 18.5. The standard InChI is InChI=1S/C38H56O8/c1-34-11-6-14-37(4,33(45)46)26(34)18-24-30-22(34)10-9-20(16-27(39)40)29(30)21-17-25-35(2,12-7-13-36(25,3)32(43)44)23-8-5-15-38(24,31(21)23)19-28(41)42/h20-26,29-31H,5-19H2,1-4H3,(H,39,40)(H,41,42)(H,43,44)(H,45,46). The third kappa shape index (κ3) is 4.09. The molecule has 0 aromatic heterocycles. The van der Waals surface area contributed by atoms with E-state index in [2.05, 4.69) is 13.8 Å². The summed E-state index contributed by atoms with van der Waals surface area (Å²) in [5, 5.41) is 42.4. The zero-order valence-corrected chi connectivity index (χ0v) is 28.3. The highest BCUT2D eigenvalue weighted by Gasteiger charge is 2.75. The zero-order valence-electron chi connectivity index (χ0n) is 28.3. The van der Waals surface area contributed by atoms with Crippen molar-refractivity contribution in [2.75, 3.05) is 0 Å². The Balaban J connectivity index is 1.46. The van der Waals surface area contributed by atoms with Crippen LogP contribution >= 0.6 is 0 Å². The Morgan fingerprint density at radius 1 is 0.609 bits per heavy atom. The van der Waals surface area contributed by atoms with Crippen LogP contribution in [0.15, 0.2) is 0 Å². The van der Waals surface area contributed by atoms with Gasteiger partial charge in [0.2, 0.25) is 0 Å². The molecule has 7 saturated carbocycles. The Labute approximate surface area is 273 Å². The van der Waals surface area contributed by atoms with Crippen molar-refractivity contribution in [3.63, 3.8) is 0 Å². The van der Waals surface area contributed by atoms with Crippen molar-refractivity contribution in [1.82, 2.24) is 0 Å². The van der Waals surface area contributed by atoms with E-state index < -0.39 is 40.1 Å². The Kier molecular flexibility index (Phi) is 7.36. The normalized spacial score (nSPS) is 53.8. The van der Waals surface area contributed by atoms with Gasteiger partial charge in [0.25, 0.3) is 0 Å². The fraction of sp³-hybridized carbons (Fsp3) is 0.895. The number of fused-ring (bicyclic) bond motifs is 6. The predicted molar refractivity (Wildman–Crippen MR) is 170 cm³/mol. The average Bonchev–Trinajstić information content (AvgIpc) is 2.96. The van der Waals surface area contributed by atoms with Crippen molar-refractivity contribution in [2.45, 2.75) is 124 Å². The van der Waals surface area contributed by atoms with Gasteiger partial charge in [0.15, 0.2) is 0 Å². The summed E-state index contributed by atoms with van der Waals surface area (Å²) in [6.45, 7) is 8.55. The van der Waals surface area contributed by atoms with Crippen LogP contribution in [0.5, 0.6) is 0 Å². The van der Waals surface area contributed by atoms with Crippen molar-refractivity contribution in [3.05, 3.63) is 0 Å². The molecule has 7 aliphatic rings. The summed E-state index contributed by atoms with van der Waals surface area (Å²) in [6, 6.07) is 0. The Morgan fingerprint density at radius 3 is 1.76 bits per heavy atom. The van der Waals surface area contributed by atoms with Crippen LogP contribution in [0, 0.1) is 86.3 Å². The van der Waals surface area contributed by atoms with E-state index in [0.29, 0.717) is 19.3 Å². The highest BCUT2D eigenvalue weighted by molar-refractivity contribution is 5.76. The summed E-state index contributed by atoms with van der Waals surface area (Å²) in [5.41, 5.74) is -2.62. The van der Waals surface area contributed by atoms with E-state index >= 15 is 0 Å². The van der Waals surface area contributed by atoms with Crippen LogP contribution < -0.4 is 0 Å². The molecule has 15 unspecified atom stereocenters. The smallest absolute Gasteiger partial charge is 0.309 e. The summed E-state index contributed by atoms with van der Waals surface area (Å²) in [4.78, 5) is 51.7. The van der Waals surface area contributed by atoms with Gasteiger partial charge in [-0.2, -0.15) is 0 Å². The molecule has 0 aromatic carbocycles. The lowest BCUT2D eigenvalue weighted by atomic mass is 9.28. The molecule has 0 aromatic rings. The van der Waals surface area contributed by atoms with Gasteiger partial charge < -0.3 is 20.4 Å². The first-order chi connectivity index (χ1) is 21.5. The molecule has 0 bridgehead atoms. The van der Waals surface area contributed by atoms with Crippen LogP contribution in [0.4, 0.5) is 0 Å². The van der Waals surface area contributed by atoms with Crippen LogP contribution in [0.2, 0.25) is 0 Å².